The zero-order valence-electron chi connectivity index (χ0n) is 15.9. The van der Waals surface area contributed by atoms with E-state index in [1.807, 2.05) is 0 Å². The van der Waals surface area contributed by atoms with E-state index in [4.69, 9.17) is 16.3 Å². The number of halogens is 3. The molecule has 0 amide bonds. The van der Waals surface area contributed by atoms with Gasteiger partial charge < -0.3 is 10.5 Å². The van der Waals surface area contributed by atoms with Gasteiger partial charge in [0.2, 0.25) is 5.88 Å². The molecule has 4 N–H and O–H groups in total. The molecule has 6 nitrogen and oxygen atoms in total. The van der Waals surface area contributed by atoms with Crippen LogP contribution in [0.1, 0.15) is 42.5 Å². The van der Waals surface area contributed by atoms with Crippen LogP contribution in [0.4, 0.5) is 13.2 Å². The number of hydrogen-bond acceptors (Lipinski definition) is 6. The molecule has 0 aliphatic heterocycles. The lowest BCUT2D eigenvalue weighted by Gasteiger charge is -2.25. The number of pyridine rings is 1. The van der Waals surface area contributed by atoms with Crippen LogP contribution >= 0.6 is 0 Å². The van der Waals surface area contributed by atoms with Gasteiger partial charge >= 0.3 is 6.18 Å². The Morgan fingerprint density at radius 2 is 2.03 bits per heavy atom. The quantitative estimate of drug-likeness (QED) is 0.425. The van der Waals surface area contributed by atoms with Crippen LogP contribution in [0.5, 0.6) is 5.88 Å². The number of hydrazine groups is 1. The van der Waals surface area contributed by atoms with Gasteiger partial charge in [-0.15, -0.1) is 0 Å². The molecule has 2 aliphatic rings. The van der Waals surface area contributed by atoms with Gasteiger partial charge in [0.15, 0.2) is 6.29 Å². The number of allylic oxidation sites excluding steroid dienone is 1. The van der Waals surface area contributed by atoms with Gasteiger partial charge in [0, 0.05) is 24.8 Å². The van der Waals surface area contributed by atoms with Gasteiger partial charge in [-0.3, -0.25) is 10.6 Å². The SMILES string of the molecule is NC1CCCC(N(N)CC2CC2)C=CC(Oc2ncccc2C=O)=C1C(F)(F)F. The van der Waals surface area contributed by atoms with Gasteiger partial charge in [0.1, 0.15) is 5.76 Å². The second-order valence-corrected chi connectivity index (χ2v) is 7.50. The summed E-state index contributed by atoms with van der Waals surface area (Å²) in [4.78, 5) is 15.1. The van der Waals surface area contributed by atoms with Gasteiger partial charge in [-0.1, -0.05) is 6.08 Å². The van der Waals surface area contributed by atoms with Crippen LogP contribution in [0.15, 0.2) is 41.8 Å². The van der Waals surface area contributed by atoms with Crippen LogP contribution in [0.3, 0.4) is 0 Å². The Kier molecular flexibility index (Phi) is 6.71. The molecule has 1 heterocycles. The first-order chi connectivity index (χ1) is 13.8. The maximum Gasteiger partial charge on any atom is 0.417 e. The zero-order valence-corrected chi connectivity index (χ0v) is 15.9. The molecule has 0 bridgehead atoms. The second kappa shape index (κ2) is 9.06. The van der Waals surface area contributed by atoms with Crippen LogP contribution in [0, 0.1) is 5.92 Å². The monoisotopic (exact) mass is 410 g/mol. The number of hydrogen-bond donors (Lipinski definition) is 2. The lowest BCUT2D eigenvalue weighted by atomic mass is 10.00. The van der Waals surface area contributed by atoms with Crippen molar-refractivity contribution in [2.75, 3.05) is 6.54 Å². The van der Waals surface area contributed by atoms with Crippen molar-refractivity contribution in [1.82, 2.24) is 9.99 Å². The Balaban J connectivity index is 1.97. The largest absolute Gasteiger partial charge is 0.438 e. The highest BCUT2D eigenvalue weighted by Gasteiger charge is 2.41. The van der Waals surface area contributed by atoms with Gasteiger partial charge in [0.05, 0.1) is 11.1 Å². The summed E-state index contributed by atoms with van der Waals surface area (Å²) >= 11 is 0. The molecule has 0 saturated heterocycles. The number of ether oxygens (including phenoxy) is 1. The number of rotatable bonds is 6. The van der Waals surface area contributed by atoms with Crippen LogP contribution < -0.4 is 16.3 Å². The molecule has 9 heteroatoms. The fraction of sp³-hybridized carbons (Fsp3) is 0.500. The van der Waals surface area contributed by atoms with Gasteiger partial charge in [-0.2, -0.15) is 13.2 Å². The highest BCUT2D eigenvalue weighted by Crippen LogP contribution is 2.35. The summed E-state index contributed by atoms with van der Waals surface area (Å²) in [5.41, 5.74) is 4.98. The lowest BCUT2D eigenvalue weighted by molar-refractivity contribution is -0.0980. The molecule has 0 radical (unpaired) electrons. The van der Waals surface area contributed by atoms with E-state index in [1.54, 1.807) is 11.1 Å². The van der Waals surface area contributed by atoms with E-state index >= 15 is 0 Å². The first-order valence-corrected chi connectivity index (χ1v) is 9.64. The lowest BCUT2D eigenvalue weighted by Crippen LogP contribution is -2.41. The third-order valence-corrected chi connectivity index (χ3v) is 5.15. The summed E-state index contributed by atoms with van der Waals surface area (Å²) < 4.78 is 47.0. The van der Waals surface area contributed by atoms with Gasteiger partial charge in [-0.05, 0) is 56.2 Å². The van der Waals surface area contributed by atoms with E-state index < -0.39 is 23.6 Å². The number of aromatic nitrogens is 1. The topological polar surface area (TPSA) is 94.5 Å². The Hall–Kier alpha value is -2.23. The highest BCUT2D eigenvalue weighted by molar-refractivity contribution is 5.78. The average Bonchev–Trinajstić information content (AvgIpc) is 3.46. The predicted molar refractivity (Wildman–Crippen MR) is 102 cm³/mol. The molecule has 0 spiro atoms. The van der Waals surface area contributed by atoms with Crippen molar-refractivity contribution < 1.29 is 22.7 Å². The Morgan fingerprint density at radius 1 is 1.28 bits per heavy atom. The second-order valence-electron chi connectivity index (χ2n) is 7.50. The number of carbonyl (C=O) groups excluding carboxylic acids is 1. The molecule has 2 aliphatic carbocycles. The molecule has 1 aromatic heterocycles. The number of nitrogens with zero attached hydrogens (tertiary/aromatic N) is 2. The van der Waals surface area contributed by atoms with Gasteiger partial charge in [0.25, 0.3) is 0 Å². The standard InChI is InChI=1S/C20H25F3N4O2/c21-20(22,23)18-16(24)5-1-4-15(27(25)11-13-6-7-13)8-9-17(18)29-19-14(12-28)3-2-10-26-19/h2-3,8-10,12-13,15-16H,1,4-7,11,24-25H2. The molecular formula is C20H25F3N4O2. The minimum atomic E-state index is -4.69. The number of carbonyl (C=O) groups is 1. The summed E-state index contributed by atoms with van der Waals surface area (Å²) in [6.45, 7) is 0.697. The van der Waals surface area contributed by atoms with E-state index in [1.165, 1.54) is 24.4 Å². The molecule has 1 aromatic rings. The summed E-state index contributed by atoms with van der Waals surface area (Å²) in [7, 11) is 0. The van der Waals surface area contributed by atoms with Crippen molar-refractivity contribution >= 4 is 6.29 Å². The molecule has 3 rings (SSSR count). The summed E-state index contributed by atoms with van der Waals surface area (Å²) in [6.07, 6.45) is 3.47. The Bertz CT molecular complexity index is 790. The average molecular weight is 410 g/mol. The molecule has 158 valence electrons. The molecular weight excluding hydrogens is 385 g/mol. The third-order valence-electron chi connectivity index (χ3n) is 5.15. The highest BCUT2D eigenvalue weighted by atomic mass is 19.4. The predicted octanol–water partition coefficient (Wildman–Crippen LogP) is 3.11. The minimum Gasteiger partial charge on any atom is -0.438 e. The van der Waals surface area contributed by atoms with Crippen molar-refractivity contribution in [2.45, 2.75) is 50.4 Å². The van der Waals surface area contributed by atoms with Crippen molar-refractivity contribution in [3.05, 3.63) is 47.4 Å². The number of alkyl halides is 3. The number of nitrogens with two attached hydrogens (primary N) is 2. The van der Waals surface area contributed by atoms with Crippen molar-refractivity contribution in [3.63, 3.8) is 0 Å². The molecule has 1 saturated carbocycles. The van der Waals surface area contributed by atoms with E-state index in [0.717, 1.165) is 12.8 Å². The maximum atomic E-state index is 13.8. The van der Waals surface area contributed by atoms with Gasteiger partial charge in [-0.25, -0.2) is 9.99 Å². The van der Waals surface area contributed by atoms with Crippen LogP contribution in [0.25, 0.3) is 0 Å². The fourth-order valence-corrected chi connectivity index (χ4v) is 3.39. The molecule has 2 unspecified atom stereocenters. The van der Waals surface area contributed by atoms with Crippen LogP contribution in [-0.4, -0.2) is 41.1 Å². The Morgan fingerprint density at radius 3 is 2.69 bits per heavy atom. The summed E-state index contributed by atoms with van der Waals surface area (Å²) in [5.74, 6) is 6.06. The first-order valence-electron chi connectivity index (χ1n) is 9.64. The van der Waals surface area contributed by atoms with E-state index in [2.05, 4.69) is 4.98 Å². The third kappa shape index (κ3) is 5.65. The Labute approximate surface area is 167 Å². The van der Waals surface area contributed by atoms with Crippen LogP contribution in [-0.2, 0) is 0 Å². The van der Waals surface area contributed by atoms with E-state index in [9.17, 15) is 18.0 Å². The van der Waals surface area contributed by atoms with E-state index in [-0.39, 0.29) is 23.9 Å². The fourth-order valence-electron chi connectivity index (χ4n) is 3.39. The summed E-state index contributed by atoms with van der Waals surface area (Å²) in [6, 6.07) is 1.43. The molecule has 0 aromatic carbocycles. The molecule has 1 fully saturated rings. The van der Waals surface area contributed by atoms with Crippen molar-refractivity contribution in [3.8, 4) is 5.88 Å². The van der Waals surface area contributed by atoms with E-state index in [0.29, 0.717) is 31.6 Å². The maximum absolute atomic E-state index is 13.8. The number of aldehydes is 1. The van der Waals surface area contributed by atoms with Crippen molar-refractivity contribution in [2.24, 2.45) is 17.5 Å². The van der Waals surface area contributed by atoms with Crippen LogP contribution in [0.2, 0.25) is 0 Å². The van der Waals surface area contributed by atoms with Crippen molar-refractivity contribution in [1.29, 1.82) is 0 Å². The minimum absolute atomic E-state index is 0.0501. The normalized spacial score (nSPS) is 23.5. The first kappa shape index (κ1) is 21.5. The summed E-state index contributed by atoms with van der Waals surface area (Å²) in [5, 5.41) is 1.67. The molecule has 29 heavy (non-hydrogen) atoms. The zero-order chi connectivity index (χ0) is 21.0. The molecule has 2 atom stereocenters. The smallest absolute Gasteiger partial charge is 0.417 e.